The second kappa shape index (κ2) is 8.20. The summed E-state index contributed by atoms with van der Waals surface area (Å²) in [5.41, 5.74) is 0. The predicted octanol–water partition coefficient (Wildman–Crippen LogP) is 0.960. The molecule has 2 N–H and O–H groups in total. The van der Waals surface area contributed by atoms with E-state index in [-0.39, 0.29) is 18.0 Å². The summed E-state index contributed by atoms with van der Waals surface area (Å²) in [6.07, 6.45) is 4.36. The number of aliphatic carboxylic acids is 1. The molecule has 26 heavy (non-hydrogen) atoms. The number of piperazine rings is 1. The Balaban J connectivity index is 1.46. The van der Waals surface area contributed by atoms with Crippen LogP contribution in [0.15, 0.2) is 12.3 Å². The maximum absolute atomic E-state index is 12.5. The summed E-state index contributed by atoms with van der Waals surface area (Å²) in [6, 6.07) is 1.69. The minimum atomic E-state index is -0.731. The lowest BCUT2D eigenvalue weighted by Crippen LogP contribution is -2.54. The van der Waals surface area contributed by atoms with E-state index in [9.17, 15) is 9.59 Å². The van der Waals surface area contributed by atoms with Gasteiger partial charge in [0.25, 0.3) is 0 Å². The number of ether oxygens (including phenoxy) is 1. The molecule has 1 aliphatic carbocycles. The highest BCUT2D eigenvalue weighted by Crippen LogP contribution is 2.24. The second-order valence-electron chi connectivity index (χ2n) is 6.71. The van der Waals surface area contributed by atoms with E-state index in [2.05, 4.69) is 15.3 Å². The minimum Gasteiger partial charge on any atom is -0.481 e. The van der Waals surface area contributed by atoms with E-state index < -0.39 is 5.97 Å². The lowest BCUT2D eigenvalue weighted by atomic mass is 9.86. The summed E-state index contributed by atoms with van der Waals surface area (Å²) in [5.74, 6) is 0.128. The number of aromatic nitrogens is 2. The Labute approximate surface area is 152 Å². The average molecular weight is 363 g/mol. The number of carbonyl (C=O) groups is 2. The van der Waals surface area contributed by atoms with Gasteiger partial charge in [-0.25, -0.2) is 9.78 Å². The number of hydrogen-bond acceptors (Lipinski definition) is 6. The van der Waals surface area contributed by atoms with Crippen LogP contribution in [0, 0.1) is 5.92 Å². The number of carboxylic acids is 1. The lowest BCUT2D eigenvalue weighted by molar-refractivity contribution is -0.142. The van der Waals surface area contributed by atoms with E-state index in [1.54, 1.807) is 24.3 Å². The molecule has 1 aromatic heterocycles. The molecule has 0 bridgehead atoms. The van der Waals surface area contributed by atoms with Crippen LogP contribution >= 0.6 is 0 Å². The largest absolute Gasteiger partial charge is 0.481 e. The molecule has 3 rings (SSSR count). The van der Waals surface area contributed by atoms with Crippen LogP contribution in [0.5, 0.6) is 5.88 Å². The van der Waals surface area contributed by atoms with E-state index in [0.717, 1.165) is 12.8 Å². The predicted molar refractivity (Wildman–Crippen MR) is 94.3 cm³/mol. The van der Waals surface area contributed by atoms with Crippen molar-refractivity contribution in [3.63, 3.8) is 0 Å². The molecule has 142 valence electrons. The molecule has 9 heteroatoms. The first-order chi connectivity index (χ1) is 12.6. The van der Waals surface area contributed by atoms with Crippen LogP contribution < -0.4 is 15.0 Å². The Bertz CT molecular complexity index is 640. The number of methoxy groups -OCH3 is 1. The summed E-state index contributed by atoms with van der Waals surface area (Å²) in [6.45, 7) is 2.51. The molecular weight excluding hydrogens is 338 g/mol. The first kappa shape index (κ1) is 18.2. The third-order valence-electron chi connectivity index (χ3n) is 5.08. The SMILES string of the molecule is COc1ccnc(N2CCN(C(=O)NC3CCC(C(=O)O)CC3)CC2)n1. The lowest BCUT2D eigenvalue weighted by Gasteiger charge is -2.36. The molecule has 0 atom stereocenters. The maximum Gasteiger partial charge on any atom is 0.317 e. The number of nitrogens with one attached hydrogen (secondary N) is 1. The number of hydrogen-bond donors (Lipinski definition) is 2. The van der Waals surface area contributed by atoms with Gasteiger partial charge in [-0.3, -0.25) is 4.79 Å². The highest BCUT2D eigenvalue weighted by atomic mass is 16.5. The number of carboxylic acid groups (broad SMARTS) is 1. The Hall–Kier alpha value is -2.58. The molecule has 2 fully saturated rings. The van der Waals surface area contributed by atoms with Crippen molar-refractivity contribution in [2.24, 2.45) is 5.92 Å². The first-order valence-electron chi connectivity index (χ1n) is 8.97. The molecule has 1 aromatic rings. The van der Waals surface area contributed by atoms with Gasteiger partial charge in [0, 0.05) is 44.5 Å². The van der Waals surface area contributed by atoms with Crippen LogP contribution in [0.4, 0.5) is 10.7 Å². The number of nitrogens with zero attached hydrogens (tertiary/aromatic N) is 4. The van der Waals surface area contributed by atoms with Crippen LogP contribution in [0.1, 0.15) is 25.7 Å². The number of rotatable bonds is 4. The molecule has 1 saturated heterocycles. The number of carbonyl (C=O) groups excluding carboxylic acids is 1. The summed E-state index contributed by atoms with van der Waals surface area (Å²) in [7, 11) is 1.57. The second-order valence-corrected chi connectivity index (χ2v) is 6.71. The van der Waals surface area contributed by atoms with Crippen molar-refractivity contribution in [1.29, 1.82) is 0 Å². The van der Waals surface area contributed by atoms with E-state index in [1.165, 1.54) is 0 Å². The fourth-order valence-corrected chi connectivity index (χ4v) is 3.46. The zero-order valence-corrected chi connectivity index (χ0v) is 14.9. The first-order valence-corrected chi connectivity index (χ1v) is 8.97. The monoisotopic (exact) mass is 363 g/mol. The standard InChI is InChI=1S/C17H25N5O4/c1-26-14-6-7-18-16(20-14)21-8-10-22(11-9-21)17(25)19-13-4-2-12(3-5-13)15(23)24/h6-7,12-13H,2-5,8-11H2,1H3,(H,19,25)(H,23,24). The quantitative estimate of drug-likeness (QED) is 0.820. The van der Waals surface area contributed by atoms with Gasteiger partial charge in [-0.15, -0.1) is 0 Å². The third-order valence-corrected chi connectivity index (χ3v) is 5.08. The zero-order chi connectivity index (χ0) is 18.5. The van der Waals surface area contributed by atoms with Gasteiger partial charge in [0.2, 0.25) is 11.8 Å². The van der Waals surface area contributed by atoms with Crippen molar-refractivity contribution < 1.29 is 19.4 Å². The van der Waals surface area contributed by atoms with E-state index in [1.807, 2.05) is 4.90 Å². The molecule has 1 saturated carbocycles. The van der Waals surface area contributed by atoms with Gasteiger partial charge in [-0.2, -0.15) is 4.98 Å². The molecule has 2 heterocycles. The van der Waals surface area contributed by atoms with Gasteiger partial charge >= 0.3 is 12.0 Å². The highest BCUT2D eigenvalue weighted by Gasteiger charge is 2.29. The van der Waals surface area contributed by atoms with Crippen LogP contribution in [-0.4, -0.2) is 71.3 Å². The smallest absolute Gasteiger partial charge is 0.317 e. The molecule has 9 nitrogen and oxygen atoms in total. The van der Waals surface area contributed by atoms with Crippen molar-refractivity contribution in [1.82, 2.24) is 20.2 Å². The third kappa shape index (κ3) is 4.33. The fourth-order valence-electron chi connectivity index (χ4n) is 3.46. The molecular formula is C17H25N5O4. The Morgan fingerprint density at radius 2 is 1.88 bits per heavy atom. The fraction of sp³-hybridized carbons (Fsp3) is 0.647. The van der Waals surface area contributed by atoms with Gasteiger partial charge in [0.1, 0.15) is 0 Å². The van der Waals surface area contributed by atoms with Gasteiger partial charge in [0.15, 0.2) is 0 Å². The van der Waals surface area contributed by atoms with E-state index >= 15 is 0 Å². The summed E-state index contributed by atoms with van der Waals surface area (Å²) in [5, 5.41) is 12.1. The van der Waals surface area contributed by atoms with Crippen LogP contribution in [0.25, 0.3) is 0 Å². The zero-order valence-electron chi connectivity index (χ0n) is 14.9. The van der Waals surface area contributed by atoms with E-state index in [0.29, 0.717) is 50.8 Å². The Morgan fingerprint density at radius 1 is 1.19 bits per heavy atom. The molecule has 0 radical (unpaired) electrons. The summed E-state index contributed by atoms with van der Waals surface area (Å²) >= 11 is 0. The minimum absolute atomic E-state index is 0.0675. The van der Waals surface area contributed by atoms with Crippen molar-refractivity contribution in [3.05, 3.63) is 12.3 Å². The van der Waals surface area contributed by atoms with Gasteiger partial charge < -0.3 is 25.0 Å². The number of anilines is 1. The summed E-state index contributed by atoms with van der Waals surface area (Å²) < 4.78 is 5.12. The Morgan fingerprint density at radius 3 is 2.50 bits per heavy atom. The van der Waals surface area contributed by atoms with Crippen molar-refractivity contribution >= 4 is 17.9 Å². The number of amides is 2. The molecule has 0 aromatic carbocycles. The van der Waals surface area contributed by atoms with Gasteiger partial charge in [0.05, 0.1) is 13.0 Å². The normalized spacial score (nSPS) is 23.4. The van der Waals surface area contributed by atoms with Gasteiger partial charge in [-0.05, 0) is 25.7 Å². The summed E-state index contributed by atoms with van der Waals surface area (Å²) in [4.78, 5) is 35.9. The molecule has 2 amide bonds. The molecule has 0 spiro atoms. The average Bonchev–Trinajstić information content (AvgIpc) is 2.68. The van der Waals surface area contributed by atoms with E-state index in [4.69, 9.17) is 9.84 Å². The molecule has 0 unspecified atom stereocenters. The maximum atomic E-state index is 12.5. The van der Waals surface area contributed by atoms with Crippen molar-refractivity contribution in [2.75, 3.05) is 38.2 Å². The van der Waals surface area contributed by atoms with Crippen molar-refractivity contribution in [3.8, 4) is 5.88 Å². The Kier molecular flexibility index (Phi) is 5.75. The molecule has 2 aliphatic rings. The topological polar surface area (TPSA) is 108 Å². The molecule has 1 aliphatic heterocycles. The van der Waals surface area contributed by atoms with Crippen LogP contribution in [-0.2, 0) is 4.79 Å². The highest BCUT2D eigenvalue weighted by molar-refractivity contribution is 5.75. The van der Waals surface area contributed by atoms with Gasteiger partial charge in [-0.1, -0.05) is 0 Å². The van der Waals surface area contributed by atoms with Crippen LogP contribution in [0.2, 0.25) is 0 Å². The number of urea groups is 1. The van der Waals surface area contributed by atoms with Crippen LogP contribution in [0.3, 0.4) is 0 Å². The van der Waals surface area contributed by atoms with Crippen molar-refractivity contribution in [2.45, 2.75) is 31.7 Å².